The molecular weight excluding hydrogens is 534 g/mol. The number of rotatable bonds is 18. The zero-order chi connectivity index (χ0) is 30.8. The highest BCUT2D eigenvalue weighted by molar-refractivity contribution is 5.81. The van der Waals surface area contributed by atoms with Crippen LogP contribution in [-0.2, 0) is 35.0 Å². The lowest BCUT2D eigenvalue weighted by Gasteiger charge is -2.27. The van der Waals surface area contributed by atoms with Gasteiger partial charge in [-0.15, -0.1) is 0 Å². The fraction of sp³-hybridized carbons (Fsp3) is 0.667. The first-order chi connectivity index (χ1) is 19.5. The topological polar surface area (TPSA) is 150 Å². The second kappa shape index (κ2) is 18.9. The van der Waals surface area contributed by atoms with Crippen LogP contribution < -0.4 is 15.2 Å². The summed E-state index contributed by atoms with van der Waals surface area (Å²) < 4.78 is 31.4. The molecule has 1 aromatic rings. The standard InChI is InChI=1S/C30H47NO10/c1-7-10-11-14-26(32)37-18-17-30(31,27(33)36-6)20-23-15-16-24(40-28(34)38-21(4)12-8-2)25(19-23)41-29(35)39-22(5)13-9-3/h15-16,19,21-22H,7-14,17-18,20,31H2,1-6H3/t21?,22?,30-/m1/s1. The summed E-state index contributed by atoms with van der Waals surface area (Å²) >= 11 is 0. The number of unbranched alkanes of at least 4 members (excludes halogenated alkanes) is 2. The van der Waals surface area contributed by atoms with Crippen LogP contribution >= 0.6 is 0 Å². The highest BCUT2D eigenvalue weighted by Crippen LogP contribution is 2.31. The number of hydrogen-bond donors (Lipinski definition) is 1. The van der Waals surface area contributed by atoms with E-state index in [1.165, 1.54) is 19.2 Å². The van der Waals surface area contributed by atoms with E-state index in [0.29, 0.717) is 24.8 Å². The Hall–Kier alpha value is -3.34. The first-order valence-electron chi connectivity index (χ1n) is 14.4. The van der Waals surface area contributed by atoms with E-state index < -0.39 is 23.8 Å². The van der Waals surface area contributed by atoms with Crippen molar-refractivity contribution in [2.75, 3.05) is 13.7 Å². The van der Waals surface area contributed by atoms with Crippen molar-refractivity contribution in [2.24, 2.45) is 5.73 Å². The molecule has 1 aromatic carbocycles. The first kappa shape index (κ1) is 35.7. The molecule has 0 bridgehead atoms. The number of hydrogen-bond acceptors (Lipinski definition) is 11. The molecule has 0 radical (unpaired) electrons. The Kier molecular flexibility index (Phi) is 16.5. The lowest BCUT2D eigenvalue weighted by Crippen LogP contribution is -2.51. The normalized spacial score (nSPS) is 13.7. The number of methoxy groups -OCH3 is 1. The summed E-state index contributed by atoms with van der Waals surface area (Å²) in [6, 6.07) is 4.40. The highest BCUT2D eigenvalue weighted by atomic mass is 16.7. The van der Waals surface area contributed by atoms with Gasteiger partial charge in [0.25, 0.3) is 0 Å². The maximum atomic E-state index is 12.7. The number of carbonyl (C=O) groups is 4. The molecule has 3 atom stereocenters. The fourth-order valence-electron chi connectivity index (χ4n) is 4.08. The third-order valence-corrected chi connectivity index (χ3v) is 6.29. The quantitative estimate of drug-likeness (QED) is 0.0938. The minimum Gasteiger partial charge on any atom is -0.468 e. The SMILES string of the molecule is CCCCCC(=O)OCC[C@@](N)(Cc1ccc(OC(=O)OC(C)CCC)c(OC(=O)OC(C)CCC)c1)C(=O)OC. The Labute approximate surface area is 243 Å². The second-order valence-electron chi connectivity index (χ2n) is 10.2. The molecule has 11 nitrogen and oxygen atoms in total. The molecule has 0 aliphatic carbocycles. The largest absolute Gasteiger partial charge is 0.514 e. The lowest BCUT2D eigenvalue weighted by molar-refractivity contribution is -0.151. The van der Waals surface area contributed by atoms with E-state index in [9.17, 15) is 19.2 Å². The first-order valence-corrected chi connectivity index (χ1v) is 14.4. The van der Waals surface area contributed by atoms with Crippen LogP contribution in [0.2, 0.25) is 0 Å². The number of ether oxygens (including phenoxy) is 6. The molecule has 232 valence electrons. The molecule has 2 unspecified atom stereocenters. The van der Waals surface area contributed by atoms with Gasteiger partial charge in [-0.25, -0.2) is 9.59 Å². The molecule has 0 spiro atoms. The zero-order valence-electron chi connectivity index (χ0n) is 25.3. The molecule has 0 aliphatic heterocycles. The summed E-state index contributed by atoms with van der Waals surface area (Å²) in [5.74, 6) is -1.27. The average molecular weight is 582 g/mol. The van der Waals surface area contributed by atoms with Crippen LogP contribution in [0, 0.1) is 0 Å². The summed E-state index contributed by atoms with van der Waals surface area (Å²) in [5.41, 5.74) is 5.36. The van der Waals surface area contributed by atoms with E-state index in [4.69, 9.17) is 34.2 Å². The highest BCUT2D eigenvalue weighted by Gasteiger charge is 2.36. The van der Waals surface area contributed by atoms with Crippen molar-refractivity contribution in [2.45, 2.75) is 117 Å². The smallest absolute Gasteiger partial charge is 0.468 e. The summed E-state index contributed by atoms with van der Waals surface area (Å²) in [6.45, 7) is 9.36. The van der Waals surface area contributed by atoms with Gasteiger partial charge in [-0.2, -0.15) is 0 Å². The molecule has 0 aliphatic rings. The van der Waals surface area contributed by atoms with Gasteiger partial charge in [-0.05, 0) is 50.8 Å². The Morgan fingerprint density at radius 2 is 1.44 bits per heavy atom. The molecule has 0 saturated heterocycles. The molecule has 2 N–H and O–H groups in total. The Balaban J connectivity index is 3.14. The van der Waals surface area contributed by atoms with E-state index in [2.05, 4.69) is 0 Å². The number of nitrogens with two attached hydrogens (primary N) is 1. The number of carbonyl (C=O) groups excluding carboxylic acids is 4. The molecular formula is C30H47NO10. The summed E-state index contributed by atoms with van der Waals surface area (Å²) in [7, 11) is 1.21. The van der Waals surface area contributed by atoms with Crippen molar-refractivity contribution in [3.05, 3.63) is 23.8 Å². The van der Waals surface area contributed by atoms with Gasteiger partial charge in [0, 0.05) is 19.3 Å². The third kappa shape index (κ3) is 13.7. The van der Waals surface area contributed by atoms with Gasteiger partial charge in [0.2, 0.25) is 0 Å². The van der Waals surface area contributed by atoms with E-state index in [-0.39, 0.29) is 49.1 Å². The molecule has 0 fully saturated rings. The number of esters is 2. The monoisotopic (exact) mass is 581 g/mol. The van der Waals surface area contributed by atoms with Crippen LogP contribution in [0.4, 0.5) is 9.59 Å². The van der Waals surface area contributed by atoms with Crippen LogP contribution in [0.3, 0.4) is 0 Å². The van der Waals surface area contributed by atoms with Crippen LogP contribution in [0.15, 0.2) is 18.2 Å². The van der Waals surface area contributed by atoms with Gasteiger partial charge in [0.05, 0.1) is 13.7 Å². The van der Waals surface area contributed by atoms with Gasteiger partial charge >= 0.3 is 24.2 Å². The second-order valence-corrected chi connectivity index (χ2v) is 10.2. The molecule has 11 heteroatoms. The van der Waals surface area contributed by atoms with Crippen LogP contribution in [0.5, 0.6) is 11.5 Å². The van der Waals surface area contributed by atoms with Crippen molar-refractivity contribution in [1.82, 2.24) is 0 Å². The lowest BCUT2D eigenvalue weighted by atomic mass is 9.88. The van der Waals surface area contributed by atoms with Crippen molar-refractivity contribution in [3.8, 4) is 11.5 Å². The maximum absolute atomic E-state index is 12.7. The van der Waals surface area contributed by atoms with Crippen LogP contribution in [-0.4, -0.2) is 55.7 Å². The van der Waals surface area contributed by atoms with Crippen molar-refractivity contribution in [1.29, 1.82) is 0 Å². The molecule has 0 aromatic heterocycles. The van der Waals surface area contributed by atoms with Gasteiger partial charge < -0.3 is 34.2 Å². The van der Waals surface area contributed by atoms with E-state index in [0.717, 1.165) is 32.1 Å². The van der Waals surface area contributed by atoms with E-state index >= 15 is 0 Å². The fourth-order valence-corrected chi connectivity index (χ4v) is 4.08. The van der Waals surface area contributed by atoms with Gasteiger partial charge in [-0.3, -0.25) is 9.59 Å². The third-order valence-electron chi connectivity index (χ3n) is 6.29. The van der Waals surface area contributed by atoms with Gasteiger partial charge in [-0.1, -0.05) is 52.5 Å². The maximum Gasteiger partial charge on any atom is 0.514 e. The predicted octanol–water partition coefficient (Wildman–Crippen LogP) is 6.02. The molecule has 41 heavy (non-hydrogen) atoms. The molecule has 0 saturated carbocycles. The molecule has 0 amide bonds. The van der Waals surface area contributed by atoms with Crippen molar-refractivity contribution in [3.63, 3.8) is 0 Å². The molecule has 0 heterocycles. The summed E-state index contributed by atoms with van der Waals surface area (Å²) in [6.07, 6.45) is 3.07. The van der Waals surface area contributed by atoms with Crippen molar-refractivity contribution < 1.29 is 47.6 Å². The van der Waals surface area contributed by atoms with E-state index in [1.54, 1.807) is 19.9 Å². The average Bonchev–Trinajstić information content (AvgIpc) is 2.89. The Bertz CT molecular complexity index is 982. The summed E-state index contributed by atoms with van der Waals surface area (Å²) in [5, 5.41) is 0. The zero-order valence-corrected chi connectivity index (χ0v) is 25.3. The minimum atomic E-state index is -1.55. The van der Waals surface area contributed by atoms with Gasteiger partial charge in [0.15, 0.2) is 11.5 Å². The van der Waals surface area contributed by atoms with Gasteiger partial charge in [0.1, 0.15) is 17.7 Å². The number of benzene rings is 1. The van der Waals surface area contributed by atoms with Crippen LogP contribution in [0.25, 0.3) is 0 Å². The molecule has 1 rings (SSSR count). The van der Waals surface area contributed by atoms with Crippen molar-refractivity contribution >= 4 is 24.2 Å². The van der Waals surface area contributed by atoms with Crippen LogP contribution in [0.1, 0.15) is 98.0 Å². The minimum absolute atomic E-state index is 0.00809. The Morgan fingerprint density at radius 1 is 0.854 bits per heavy atom. The summed E-state index contributed by atoms with van der Waals surface area (Å²) in [4.78, 5) is 49.5. The predicted molar refractivity (Wildman–Crippen MR) is 152 cm³/mol. The Morgan fingerprint density at radius 3 is 1.98 bits per heavy atom. The van der Waals surface area contributed by atoms with E-state index in [1.807, 2.05) is 20.8 Å².